The summed E-state index contributed by atoms with van der Waals surface area (Å²) >= 11 is 5.99. The number of Topliss-reactive ketones (excluding diaryl/α,β-unsaturated/α-hetero) is 1. The minimum absolute atomic E-state index is 0.0142. The fourth-order valence-electron chi connectivity index (χ4n) is 2.53. The molecule has 2 aromatic carbocycles. The van der Waals surface area contributed by atoms with E-state index in [1.807, 2.05) is 24.3 Å². The molecule has 0 bridgehead atoms. The molecule has 3 rings (SSSR count). The smallest absolute Gasteiger partial charge is 0.200 e. The number of para-hydroxylation sites is 1. The summed E-state index contributed by atoms with van der Waals surface area (Å²) in [6, 6.07) is 13.1. The summed E-state index contributed by atoms with van der Waals surface area (Å²) in [6.45, 7) is 0.0164. The lowest BCUT2D eigenvalue weighted by molar-refractivity contribution is 0.0921. The summed E-state index contributed by atoms with van der Waals surface area (Å²) in [5, 5.41) is 0.522. The van der Waals surface area contributed by atoms with Crippen molar-refractivity contribution in [1.82, 2.24) is 0 Å². The molecule has 0 saturated heterocycles. The van der Waals surface area contributed by atoms with Crippen molar-refractivity contribution in [2.24, 2.45) is 0 Å². The Hall–Kier alpha value is -1.80. The molecular formula is C17H15ClO2. The normalized spacial score (nSPS) is 13.1. The molecule has 0 heterocycles. The number of fused-ring (bicyclic) bond motifs is 1. The van der Waals surface area contributed by atoms with E-state index in [1.54, 1.807) is 12.1 Å². The van der Waals surface area contributed by atoms with Crippen LogP contribution in [0.3, 0.4) is 0 Å². The molecule has 0 radical (unpaired) electrons. The molecule has 0 spiro atoms. The van der Waals surface area contributed by atoms with Gasteiger partial charge in [-0.05, 0) is 48.6 Å². The first-order chi connectivity index (χ1) is 9.74. The predicted molar refractivity (Wildman–Crippen MR) is 79.7 cm³/mol. The Morgan fingerprint density at radius 3 is 2.75 bits per heavy atom. The van der Waals surface area contributed by atoms with Gasteiger partial charge in [0.1, 0.15) is 5.75 Å². The minimum atomic E-state index is -0.0142. The van der Waals surface area contributed by atoms with Gasteiger partial charge in [-0.2, -0.15) is 0 Å². The van der Waals surface area contributed by atoms with Crippen LogP contribution in [0.25, 0.3) is 0 Å². The van der Waals surface area contributed by atoms with Crippen LogP contribution in [-0.2, 0) is 12.8 Å². The van der Waals surface area contributed by atoms with Gasteiger partial charge in [-0.25, -0.2) is 0 Å². The predicted octanol–water partition coefficient (Wildman–Crippen LogP) is 4.09. The Morgan fingerprint density at radius 2 is 1.90 bits per heavy atom. The summed E-state index contributed by atoms with van der Waals surface area (Å²) in [5.41, 5.74) is 3.39. The Balaban J connectivity index is 1.69. The maximum Gasteiger partial charge on any atom is 0.200 e. The van der Waals surface area contributed by atoms with Gasteiger partial charge in [0.15, 0.2) is 12.4 Å². The molecule has 3 heteroatoms. The number of hydrogen-bond donors (Lipinski definition) is 0. The number of aryl methyl sites for hydroxylation is 2. The molecule has 2 nitrogen and oxygen atoms in total. The number of benzene rings is 2. The van der Waals surface area contributed by atoms with E-state index in [1.165, 1.54) is 17.5 Å². The van der Waals surface area contributed by atoms with Gasteiger partial charge in [0.2, 0.25) is 0 Å². The third-order valence-corrected chi connectivity index (χ3v) is 3.93. The van der Waals surface area contributed by atoms with E-state index in [0.29, 0.717) is 10.8 Å². The Bertz CT molecular complexity index is 649. The zero-order chi connectivity index (χ0) is 13.9. The van der Waals surface area contributed by atoms with Crippen molar-refractivity contribution in [2.75, 3.05) is 6.61 Å². The zero-order valence-electron chi connectivity index (χ0n) is 11.1. The molecule has 0 aliphatic heterocycles. The van der Waals surface area contributed by atoms with Gasteiger partial charge in [-0.1, -0.05) is 35.9 Å². The van der Waals surface area contributed by atoms with Crippen LogP contribution in [0, 0.1) is 0 Å². The van der Waals surface area contributed by atoms with Crippen LogP contribution in [0.1, 0.15) is 27.9 Å². The van der Waals surface area contributed by atoms with Crippen molar-refractivity contribution in [3.05, 3.63) is 64.2 Å². The summed E-state index contributed by atoms with van der Waals surface area (Å²) < 4.78 is 5.49. The van der Waals surface area contributed by atoms with Crippen molar-refractivity contribution in [3.8, 4) is 5.75 Å². The average molecular weight is 287 g/mol. The Kier molecular flexibility index (Phi) is 3.75. The molecule has 2 aromatic rings. The first-order valence-electron chi connectivity index (χ1n) is 6.76. The number of halogens is 1. The number of carbonyl (C=O) groups excluding carboxylic acids is 1. The van der Waals surface area contributed by atoms with Gasteiger partial charge < -0.3 is 4.74 Å². The molecule has 0 N–H and O–H groups in total. The largest absolute Gasteiger partial charge is 0.484 e. The molecule has 0 amide bonds. The summed E-state index contributed by atoms with van der Waals surface area (Å²) in [7, 11) is 0. The van der Waals surface area contributed by atoms with Gasteiger partial charge in [0.25, 0.3) is 0 Å². The quantitative estimate of drug-likeness (QED) is 0.791. The topological polar surface area (TPSA) is 26.3 Å². The molecule has 102 valence electrons. The van der Waals surface area contributed by atoms with Crippen LogP contribution in [0.5, 0.6) is 5.75 Å². The van der Waals surface area contributed by atoms with Crippen LogP contribution >= 0.6 is 11.6 Å². The average Bonchev–Trinajstić information content (AvgIpc) is 2.93. The van der Waals surface area contributed by atoms with Crippen LogP contribution in [0.15, 0.2) is 42.5 Å². The maximum atomic E-state index is 12.2. The monoisotopic (exact) mass is 286 g/mol. The molecule has 1 aliphatic carbocycles. The van der Waals surface area contributed by atoms with Gasteiger partial charge >= 0.3 is 0 Å². The van der Waals surface area contributed by atoms with E-state index in [-0.39, 0.29) is 12.4 Å². The van der Waals surface area contributed by atoms with Gasteiger partial charge in [-0.3, -0.25) is 4.79 Å². The highest BCUT2D eigenvalue weighted by atomic mass is 35.5. The molecule has 0 fully saturated rings. The summed E-state index contributed by atoms with van der Waals surface area (Å²) in [6.07, 6.45) is 3.38. The molecule has 0 aromatic heterocycles. The second-order valence-electron chi connectivity index (χ2n) is 4.98. The molecular weight excluding hydrogens is 272 g/mol. The second kappa shape index (κ2) is 5.68. The first-order valence-corrected chi connectivity index (χ1v) is 7.14. The fourth-order valence-corrected chi connectivity index (χ4v) is 2.72. The van der Waals surface area contributed by atoms with E-state index in [0.717, 1.165) is 18.4 Å². The van der Waals surface area contributed by atoms with Crippen LogP contribution in [0.4, 0.5) is 0 Å². The van der Waals surface area contributed by atoms with Gasteiger partial charge in [0, 0.05) is 5.56 Å². The highest BCUT2D eigenvalue weighted by Crippen LogP contribution is 2.25. The van der Waals surface area contributed by atoms with E-state index >= 15 is 0 Å². The summed E-state index contributed by atoms with van der Waals surface area (Å²) in [4.78, 5) is 12.2. The Morgan fingerprint density at radius 1 is 1.10 bits per heavy atom. The van der Waals surface area contributed by atoms with Crippen LogP contribution < -0.4 is 4.74 Å². The molecule has 1 aliphatic rings. The van der Waals surface area contributed by atoms with Crippen LogP contribution in [-0.4, -0.2) is 12.4 Å². The first kappa shape index (κ1) is 13.2. The minimum Gasteiger partial charge on any atom is -0.484 e. The zero-order valence-corrected chi connectivity index (χ0v) is 11.8. The van der Waals surface area contributed by atoms with E-state index in [9.17, 15) is 4.79 Å². The molecule has 0 saturated carbocycles. The van der Waals surface area contributed by atoms with Crippen molar-refractivity contribution in [3.63, 3.8) is 0 Å². The second-order valence-corrected chi connectivity index (χ2v) is 5.39. The maximum absolute atomic E-state index is 12.2. The third-order valence-electron chi connectivity index (χ3n) is 3.62. The van der Waals surface area contributed by atoms with Crippen LogP contribution in [0.2, 0.25) is 5.02 Å². The number of rotatable bonds is 4. The molecule has 0 unspecified atom stereocenters. The highest BCUT2D eigenvalue weighted by Gasteiger charge is 2.14. The number of ether oxygens (including phenoxy) is 1. The van der Waals surface area contributed by atoms with Crippen molar-refractivity contribution in [1.29, 1.82) is 0 Å². The number of ketones is 1. The molecule has 0 atom stereocenters. The molecule has 20 heavy (non-hydrogen) atoms. The fraction of sp³-hybridized carbons (Fsp3) is 0.235. The lowest BCUT2D eigenvalue weighted by Gasteiger charge is -2.08. The SMILES string of the molecule is O=C(COc1ccccc1Cl)c1ccc2c(c1)CCC2. The van der Waals surface area contributed by atoms with Crippen molar-refractivity contribution >= 4 is 17.4 Å². The lowest BCUT2D eigenvalue weighted by Crippen LogP contribution is -2.12. The summed E-state index contributed by atoms with van der Waals surface area (Å²) in [5.74, 6) is 0.531. The number of hydrogen-bond acceptors (Lipinski definition) is 2. The van der Waals surface area contributed by atoms with Gasteiger partial charge in [0.05, 0.1) is 5.02 Å². The standard InChI is InChI=1S/C17H15ClO2/c18-15-6-1-2-7-17(15)20-11-16(19)14-9-8-12-4-3-5-13(12)10-14/h1-2,6-10H,3-5,11H2. The van der Waals surface area contributed by atoms with E-state index in [2.05, 4.69) is 6.07 Å². The third kappa shape index (κ3) is 2.70. The van der Waals surface area contributed by atoms with E-state index < -0.39 is 0 Å². The lowest BCUT2D eigenvalue weighted by atomic mass is 10.0. The van der Waals surface area contributed by atoms with E-state index in [4.69, 9.17) is 16.3 Å². The van der Waals surface area contributed by atoms with Crippen molar-refractivity contribution < 1.29 is 9.53 Å². The van der Waals surface area contributed by atoms with Crippen molar-refractivity contribution in [2.45, 2.75) is 19.3 Å². The van der Waals surface area contributed by atoms with Gasteiger partial charge in [-0.15, -0.1) is 0 Å². The highest BCUT2D eigenvalue weighted by molar-refractivity contribution is 6.32. The Labute approximate surface area is 123 Å². The number of carbonyl (C=O) groups is 1.